The molecule has 168 valence electrons. The molecule has 1 saturated heterocycles. The van der Waals surface area contributed by atoms with Crippen LogP contribution < -0.4 is 11.1 Å². The second-order valence-electron chi connectivity index (χ2n) is 6.87. The van der Waals surface area contributed by atoms with Gasteiger partial charge in [0.25, 0.3) is 5.91 Å². The van der Waals surface area contributed by atoms with Gasteiger partial charge in [-0.05, 0) is 37.5 Å². The number of aromatic nitrogens is 2. The molecule has 0 unspecified atom stereocenters. The van der Waals surface area contributed by atoms with E-state index < -0.39 is 28.5 Å². The molecular formula is C18H23N5O5S3. The minimum absolute atomic E-state index is 0.0403. The Hall–Kier alpha value is -2.22. The topological polar surface area (TPSA) is 145 Å². The fourth-order valence-electron chi connectivity index (χ4n) is 2.96. The molecule has 1 fully saturated rings. The summed E-state index contributed by atoms with van der Waals surface area (Å²) in [6.07, 6.45) is 2.62. The Kier molecular flexibility index (Phi) is 7.86. The van der Waals surface area contributed by atoms with Crippen LogP contribution in [0.2, 0.25) is 0 Å². The zero-order valence-corrected chi connectivity index (χ0v) is 19.3. The number of sulfonamides is 1. The van der Waals surface area contributed by atoms with Crippen LogP contribution in [0.3, 0.4) is 0 Å². The average Bonchev–Trinajstić information content (AvgIpc) is 3.17. The Balaban J connectivity index is 1.60. The van der Waals surface area contributed by atoms with E-state index >= 15 is 0 Å². The average molecular weight is 486 g/mol. The predicted octanol–water partition coefficient (Wildman–Crippen LogP) is 1.88. The van der Waals surface area contributed by atoms with Crippen molar-refractivity contribution in [1.29, 1.82) is 0 Å². The van der Waals surface area contributed by atoms with Gasteiger partial charge in [-0.1, -0.05) is 35.6 Å². The van der Waals surface area contributed by atoms with Crippen molar-refractivity contribution in [3.05, 3.63) is 23.8 Å². The largest absolute Gasteiger partial charge is 0.455 e. The molecule has 13 heteroatoms. The van der Waals surface area contributed by atoms with Crippen LogP contribution in [0, 0.1) is 6.92 Å². The lowest BCUT2D eigenvalue weighted by molar-refractivity contribution is -0.144. The van der Waals surface area contributed by atoms with Crippen LogP contribution in [-0.4, -0.2) is 60.2 Å². The first-order valence-electron chi connectivity index (χ1n) is 9.54. The van der Waals surface area contributed by atoms with E-state index in [1.807, 2.05) is 0 Å². The molecule has 2 aromatic rings. The predicted molar refractivity (Wildman–Crippen MR) is 118 cm³/mol. The SMILES string of the molecule is Cc1ccc(NC(=O)COC(=O)CSc2nnc(N)s2)c(S(=O)(=O)N2CCCCC2)c1. The smallest absolute Gasteiger partial charge is 0.316 e. The van der Waals surface area contributed by atoms with E-state index in [0.29, 0.717) is 22.6 Å². The zero-order chi connectivity index (χ0) is 22.4. The lowest BCUT2D eigenvalue weighted by atomic mass is 10.2. The van der Waals surface area contributed by atoms with Gasteiger partial charge in [-0.15, -0.1) is 10.2 Å². The number of nitrogens with two attached hydrogens (primary N) is 1. The third-order valence-electron chi connectivity index (χ3n) is 4.44. The first kappa shape index (κ1) is 23.4. The van der Waals surface area contributed by atoms with Crippen LogP contribution in [-0.2, 0) is 24.3 Å². The molecule has 2 heterocycles. The second kappa shape index (κ2) is 10.4. The highest BCUT2D eigenvalue weighted by Crippen LogP contribution is 2.28. The molecule has 1 aromatic carbocycles. The number of hydrogen-bond donors (Lipinski definition) is 2. The number of esters is 1. The first-order chi connectivity index (χ1) is 14.8. The molecule has 0 spiro atoms. The molecule has 1 aromatic heterocycles. The van der Waals surface area contributed by atoms with Gasteiger partial charge in [0.05, 0.1) is 11.4 Å². The maximum Gasteiger partial charge on any atom is 0.316 e. The molecule has 3 N–H and O–H groups in total. The molecule has 0 saturated carbocycles. The van der Waals surface area contributed by atoms with Gasteiger partial charge < -0.3 is 15.8 Å². The normalized spacial score (nSPS) is 14.9. The fourth-order valence-corrected chi connectivity index (χ4v) is 6.15. The fraction of sp³-hybridized carbons (Fsp3) is 0.444. The summed E-state index contributed by atoms with van der Waals surface area (Å²) in [4.78, 5) is 24.2. The van der Waals surface area contributed by atoms with Crippen molar-refractivity contribution in [2.45, 2.75) is 35.4 Å². The van der Waals surface area contributed by atoms with Crippen molar-refractivity contribution in [3.63, 3.8) is 0 Å². The third kappa shape index (κ3) is 6.38. The summed E-state index contributed by atoms with van der Waals surface area (Å²) < 4.78 is 33.1. The lowest BCUT2D eigenvalue weighted by Crippen LogP contribution is -2.36. The third-order valence-corrected chi connectivity index (χ3v) is 8.24. The van der Waals surface area contributed by atoms with Gasteiger partial charge in [0.1, 0.15) is 4.90 Å². The van der Waals surface area contributed by atoms with E-state index in [0.717, 1.165) is 47.9 Å². The number of aryl methyl sites for hydroxylation is 1. The number of nitrogen functional groups attached to an aromatic ring is 1. The molecule has 0 bridgehead atoms. The maximum atomic E-state index is 13.1. The van der Waals surface area contributed by atoms with Gasteiger partial charge in [0.2, 0.25) is 15.2 Å². The van der Waals surface area contributed by atoms with Crippen molar-refractivity contribution in [1.82, 2.24) is 14.5 Å². The number of piperidine rings is 1. The maximum absolute atomic E-state index is 13.1. The number of anilines is 2. The number of rotatable bonds is 8. The number of amides is 1. The summed E-state index contributed by atoms with van der Waals surface area (Å²) in [7, 11) is -3.74. The summed E-state index contributed by atoms with van der Waals surface area (Å²) in [5.74, 6) is -1.29. The Morgan fingerprint density at radius 3 is 2.68 bits per heavy atom. The van der Waals surface area contributed by atoms with E-state index in [4.69, 9.17) is 10.5 Å². The molecule has 1 aliphatic heterocycles. The summed E-state index contributed by atoms with van der Waals surface area (Å²) in [5.41, 5.74) is 6.39. The van der Waals surface area contributed by atoms with Crippen LogP contribution in [0.1, 0.15) is 24.8 Å². The minimum atomic E-state index is -3.74. The number of nitrogens with zero attached hydrogens (tertiary/aromatic N) is 3. The van der Waals surface area contributed by atoms with Gasteiger partial charge in [0.15, 0.2) is 10.9 Å². The molecule has 10 nitrogen and oxygen atoms in total. The highest BCUT2D eigenvalue weighted by atomic mass is 32.2. The summed E-state index contributed by atoms with van der Waals surface area (Å²) in [6.45, 7) is 2.17. The van der Waals surface area contributed by atoms with Crippen molar-refractivity contribution < 1.29 is 22.7 Å². The van der Waals surface area contributed by atoms with E-state index in [2.05, 4.69) is 15.5 Å². The summed E-state index contributed by atoms with van der Waals surface area (Å²) in [6, 6.07) is 4.79. The Morgan fingerprint density at radius 1 is 1.26 bits per heavy atom. The molecule has 0 aliphatic carbocycles. The molecule has 0 atom stereocenters. The number of benzene rings is 1. The van der Waals surface area contributed by atoms with Crippen molar-refractivity contribution in [2.75, 3.05) is 36.5 Å². The van der Waals surface area contributed by atoms with Gasteiger partial charge in [-0.3, -0.25) is 9.59 Å². The first-order valence-corrected chi connectivity index (χ1v) is 12.8. The van der Waals surface area contributed by atoms with E-state index in [1.54, 1.807) is 19.1 Å². The lowest BCUT2D eigenvalue weighted by Gasteiger charge is -2.27. The van der Waals surface area contributed by atoms with Crippen molar-refractivity contribution in [3.8, 4) is 0 Å². The molecule has 0 radical (unpaired) electrons. The molecular weight excluding hydrogens is 462 g/mol. The molecule has 1 aliphatic rings. The second-order valence-corrected chi connectivity index (χ2v) is 11.0. The van der Waals surface area contributed by atoms with E-state index in [1.165, 1.54) is 10.4 Å². The molecule has 1 amide bonds. The van der Waals surface area contributed by atoms with Crippen molar-refractivity contribution in [2.24, 2.45) is 0 Å². The van der Waals surface area contributed by atoms with Gasteiger partial charge >= 0.3 is 5.97 Å². The summed E-state index contributed by atoms with van der Waals surface area (Å²) in [5, 5.41) is 10.3. The number of hydrogen-bond acceptors (Lipinski definition) is 10. The zero-order valence-electron chi connectivity index (χ0n) is 16.9. The summed E-state index contributed by atoms with van der Waals surface area (Å²) >= 11 is 2.25. The van der Waals surface area contributed by atoms with Crippen LogP contribution in [0.25, 0.3) is 0 Å². The highest BCUT2D eigenvalue weighted by molar-refractivity contribution is 8.01. The van der Waals surface area contributed by atoms with Crippen LogP contribution in [0.5, 0.6) is 0 Å². The molecule has 31 heavy (non-hydrogen) atoms. The quantitative estimate of drug-likeness (QED) is 0.423. The number of carbonyl (C=O) groups is 2. The Morgan fingerprint density at radius 2 is 2.00 bits per heavy atom. The number of carbonyl (C=O) groups excluding carboxylic acids is 2. The monoisotopic (exact) mass is 485 g/mol. The number of thioether (sulfide) groups is 1. The number of nitrogens with one attached hydrogen (secondary N) is 1. The Bertz CT molecular complexity index is 1050. The minimum Gasteiger partial charge on any atom is -0.455 e. The van der Waals surface area contributed by atoms with Gasteiger partial charge in [-0.25, -0.2) is 8.42 Å². The van der Waals surface area contributed by atoms with Crippen LogP contribution in [0.15, 0.2) is 27.4 Å². The Labute approximate surface area is 188 Å². The number of ether oxygens (including phenoxy) is 1. The van der Waals surface area contributed by atoms with E-state index in [-0.39, 0.29) is 16.3 Å². The van der Waals surface area contributed by atoms with Crippen LogP contribution >= 0.6 is 23.1 Å². The van der Waals surface area contributed by atoms with Gasteiger partial charge in [-0.2, -0.15) is 4.31 Å². The van der Waals surface area contributed by atoms with Crippen molar-refractivity contribution >= 4 is 55.8 Å². The van der Waals surface area contributed by atoms with Crippen LogP contribution in [0.4, 0.5) is 10.8 Å². The highest BCUT2D eigenvalue weighted by Gasteiger charge is 2.29. The van der Waals surface area contributed by atoms with E-state index in [9.17, 15) is 18.0 Å². The van der Waals surface area contributed by atoms with Gasteiger partial charge in [0, 0.05) is 13.1 Å². The molecule has 3 rings (SSSR count). The standard InChI is InChI=1S/C18H23N5O5S3/c1-12-5-6-13(14(9-12)31(26,27)23-7-3-2-4-8-23)20-15(24)10-28-16(25)11-29-18-22-21-17(19)30-18/h5-6,9H,2-4,7-8,10-11H2,1H3,(H2,19,21)(H,20,24).